The molecule has 0 atom stereocenters. The van der Waals surface area contributed by atoms with E-state index >= 15 is 0 Å². The molecule has 0 spiro atoms. The minimum atomic E-state index is 0.466. The van der Waals surface area contributed by atoms with E-state index in [1.165, 1.54) is 0 Å². The molecule has 2 nitrogen and oxygen atoms in total. The van der Waals surface area contributed by atoms with E-state index in [4.69, 9.17) is 11.6 Å². The second-order valence-electron chi connectivity index (χ2n) is 4.30. The van der Waals surface area contributed by atoms with Gasteiger partial charge in [-0.1, -0.05) is 41.4 Å². The molecule has 2 rings (SSSR count). The molecule has 0 aliphatic heterocycles. The maximum atomic E-state index is 6.02. The summed E-state index contributed by atoms with van der Waals surface area (Å²) in [6.45, 7) is 5.05. The summed E-state index contributed by atoms with van der Waals surface area (Å²) in [4.78, 5) is 4.62. The number of nitrogens with one attached hydrogen (secondary N) is 1. The van der Waals surface area contributed by atoms with Crippen molar-refractivity contribution in [3.63, 3.8) is 0 Å². The Kier molecular flexibility index (Phi) is 4.78. The van der Waals surface area contributed by atoms with Crippen LogP contribution in [-0.4, -0.2) is 11.0 Å². The SMILES string of the molecule is CC(C)NCc1csc(-c2cc(Cl)ccc2Br)n1. The van der Waals surface area contributed by atoms with Crippen molar-refractivity contribution in [3.8, 4) is 10.6 Å². The predicted molar refractivity (Wildman–Crippen MR) is 82.2 cm³/mol. The maximum absolute atomic E-state index is 6.02. The summed E-state index contributed by atoms with van der Waals surface area (Å²) in [7, 11) is 0. The molecule has 1 aromatic heterocycles. The van der Waals surface area contributed by atoms with Crippen LogP contribution in [0.25, 0.3) is 10.6 Å². The van der Waals surface area contributed by atoms with Gasteiger partial charge < -0.3 is 5.32 Å². The van der Waals surface area contributed by atoms with Gasteiger partial charge in [-0.2, -0.15) is 0 Å². The van der Waals surface area contributed by atoms with E-state index in [2.05, 4.69) is 45.5 Å². The number of hydrogen-bond donors (Lipinski definition) is 1. The van der Waals surface area contributed by atoms with E-state index in [0.717, 1.165) is 32.3 Å². The van der Waals surface area contributed by atoms with Crippen molar-refractivity contribution in [2.75, 3.05) is 0 Å². The van der Waals surface area contributed by atoms with Gasteiger partial charge in [0.05, 0.1) is 5.69 Å². The summed E-state index contributed by atoms with van der Waals surface area (Å²) >= 11 is 11.2. The predicted octanol–water partition coefficient (Wildman–Crippen LogP) is 4.72. The first kappa shape index (κ1) is 14.0. The van der Waals surface area contributed by atoms with Crippen LogP contribution in [0.1, 0.15) is 19.5 Å². The molecule has 0 radical (unpaired) electrons. The highest BCUT2D eigenvalue weighted by Crippen LogP contribution is 2.32. The smallest absolute Gasteiger partial charge is 0.124 e. The van der Waals surface area contributed by atoms with Gasteiger partial charge in [-0.25, -0.2) is 4.98 Å². The van der Waals surface area contributed by atoms with Crippen molar-refractivity contribution in [2.45, 2.75) is 26.4 Å². The highest BCUT2D eigenvalue weighted by atomic mass is 79.9. The molecule has 0 bridgehead atoms. The van der Waals surface area contributed by atoms with Crippen molar-refractivity contribution in [3.05, 3.63) is 38.8 Å². The van der Waals surface area contributed by atoms with E-state index in [1.54, 1.807) is 11.3 Å². The molecule has 0 aliphatic rings. The van der Waals surface area contributed by atoms with Gasteiger partial charge in [-0.3, -0.25) is 0 Å². The summed E-state index contributed by atoms with van der Waals surface area (Å²) in [6.07, 6.45) is 0. The van der Waals surface area contributed by atoms with Gasteiger partial charge in [-0.05, 0) is 18.2 Å². The van der Waals surface area contributed by atoms with Crippen LogP contribution in [-0.2, 0) is 6.54 Å². The number of thiazole rings is 1. The van der Waals surface area contributed by atoms with Gasteiger partial charge in [0, 0.05) is 33.0 Å². The van der Waals surface area contributed by atoms with E-state index in [0.29, 0.717) is 6.04 Å². The summed E-state index contributed by atoms with van der Waals surface area (Å²) in [5, 5.41) is 7.16. The molecule has 96 valence electrons. The maximum Gasteiger partial charge on any atom is 0.124 e. The molecule has 0 unspecified atom stereocenters. The van der Waals surface area contributed by atoms with E-state index in [-0.39, 0.29) is 0 Å². The molecule has 5 heteroatoms. The van der Waals surface area contributed by atoms with Crippen LogP contribution in [0.5, 0.6) is 0 Å². The quantitative estimate of drug-likeness (QED) is 0.867. The van der Waals surface area contributed by atoms with E-state index in [1.807, 2.05) is 18.2 Å². The Hall–Kier alpha value is -0.420. The minimum Gasteiger partial charge on any atom is -0.309 e. The molecular formula is C13H14BrClN2S. The van der Waals surface area contributed by atoms with Crippen LogP contribution in [0.4, 0.5) is 0 Å². The summed E-state index contributed by atoms with van der Waals surface area (Å²) in [6, 6.07) is 6.22. The molecule has 0 fully saturated rings. The lowest BCUT2D eigenvalue weighted by atomic mass is 10.2. The van der Waals surface area contributed by atoms with Crippen molar-refractivity contribution in [1.29, 1.82) is 0 Å². The zero-order chi connectivity index (χ0) is 13.1. The fourth-order valence-corrected chi connectivity index (χ4v) is 3.07. The van der Waals surface area contributed by atoms with Gasteiger partial charge in [0.1, 0.15) is 5.01 Å². The van der Waals surface area contributed by atoms with Crippen LogP contribution >= 0.6 is 38.9 Å². The van der Waals surface area contributed by atoms with Crippen LogP contribution in [0.3, 0.4) is 0 Å². The number of nitrogens with zero attached hydrogens (tertiary/aromatic N) is 1. The second kappa shape index (κ2) is 6.15. The molecule has 1 aromatic carbocycles. The molecule has 1 heterocycles. The van der Waals surface area contributed by atoms with Crippen LogP contribution in [0.2, 0.25) is 5.02 Å². The third-order valence-corrected chi connectivity index (χ3v) is 4.25. The number of aromatic nitrogens is 1. The third-order valence-electron chi connectivity index (χ3n) is 2.40. The lowest BCUT2D eigenvalue weighted by Gasteiger charge is -2.05. The normalized spacial score (nSPS) is 11.2. The fourth-order valence-electron chi connectivity index (χ4n) is 1.48. The van der Waals surface area contributed by atoms with E-state index in [9.17, 15) is 0 Å². The molecule has 0 saturated heterocycles. The van der Waals surface area contributed by atoms with Gasteiger partial charge >= 0.3 is 0 Å². The number of hydrogen-bond acceptors (Lipinski definition) is 3. The highest BCUT2D eigenvalue weighted by molar-refractivity contribution is 9.10. The number of rotatable bonds is 4. The Morgan fingerprint density at radius 2 is 2.22 bits per heavy atom. The number of benzene rings is 1. The second-order valence-corrected chi connectivity index (χ2v) is 6.45. The third kappa shape index (κ3) is 3.54. The largest absolute Gasteiger partial charge is 0.309 e. The van der Waals surface area contributed by atoms with Crippen molar-refractivity contribution >= 4 is 38.9 Å². The lowest BCUT2D eigenvalue weighted by molar-refractivity contribution is 0.583. The summed E-state index contributed by atoms with van der Waals surface area (Å²) in [5.74, 6) is 0. The first-order chi connectivity index (χ1) is 8.56. The van der Waals surface area contributed by atoms with Gasteiger partial charge in [0.2, 0.25) is 0 Å². The summed E-state index contributed by atoms with van der Waals surface area (Å²) < 4.78 is 1.02. The van der Waals surface area contributed by atoms with Crippen LogP contribution in [0, 0.1) is 0 Å². The van der Waals surface area contributed by atoms with Crippen molar-refractivity contribution in [2.24, 2.45) is 0 Å². The first-order valence-electron chi connectivity index (χ1n) is 5.69. The van der Waals surface area contributed by atoms with Crippen LogP contribution < -0.4 is 5.32 Å². The minimum absolute atomic E-state index is 0.466. The molecule has 18 heavy (non-hydrogen) atoms. The Morgan fingerprint density at radius 1 is 1.44 bits per heavy atom. The molecule has 0 saturated carbocycles. The van der Waals surface area contributed by atoms with Gasteiger partial charge in [-0.15, -0.1) is 11.3 Å². The molecule has 0 aliphatic carbocycles. The monoisotopic (exact) mass is 344 g/mol. The highest BCUT2D eigenvalue weighted by Gasteiger charge is 2.09. The molecule has 2 aromatic rings. The Bertz CT molecular complexity index is 540. The molecule has 1 N–H and O–H groups in total. The average molecular weight is 346 g/mol. The van der Waals surface area contributed by atoms with E-state index < -0.39 is 0 Å². The van der Waals surface area contributed by atoms with Crippen molar-refractivity contribution < 1.29 is 0 Å². The molecule has 0 amide bonds. The Balaban J connectivity index is 2.21. The number of halogens is 2. The summed E-state index contributed by atoms with van der Waals surface area (Å²) in [5.41, 5.74) is 2.11. The topological polar surface area (TPSA) is 24.9 Å². The standard InChI is InChI=1S/C13H14BrClN2S/c1-8(2)16-6-10-7-18-13(17-10)11-5-9(15)3-4-12(11)14/h3-5,7-8,16H,6H2,1-2H3. The zero-order valence-corrected chi connectivity index (χ0v) is 13.4. The lowest BCUT2D eigenvalue weighted by Crippen LogP contribution is -2.21. The first-order valence-corrected chi connectivity index (χ1v) is 7.74. The van der Waals surface area contributed by atoms with Gasteiger partial charge in [0.15, 0.2) is 0 Å². The van der Waals surface area contributed by atoms with Gasteiger partial charge in [0.25, 0.3) is 0 Å². The Morgan fingerprint density at radius 3 is 2.94 bits per heavy atom. The average Bonchev–Trinajstić information content (AvgIpc) is 2.78. The Labute approximate surface area is 125 Å². The molecular weight excluding hydrogens is 332 g/mol. The van der Waals surface area contributed by atoms with Crippen LogP contribution in [0.15, 0.2) is 28.1 Å². The zero-order valence-electron chi connectivity index (χ0n) is 10.2. The fraction of sp³-hybridized carbons (Fsp3) is 0.308. The van der Waals surface area contributed by atoms with Crippen molar-refractivity contribution in [1.82, 2.24) is 10.3 Å².